The van der Waals surface area contributed by atoms with Crippen molar-refractivity contribution in [3.63, 3.8) is 0 Å². The first-order valence-electron chi connectivity index (χ1n) is 7.43. The van der Waals surface area contributed by atoms with Gasteiger partial charge < -0.3 is 4.74 Å². The largest absolute Gasteiger partial charge is 0.476 e. The lowest BCUT2D eigenvalue weighted by Crippen LogP contribution is -2.16. The lowest BCUT2D eigenvalue weighted by Gasteiger charge is -2.26. The molecular weight excluding hydrogens is 338 g/mol. The third-order valence-corrected chi connectivity index (χ3v) is 3.95. The van der Waals surface area contributed by atoms with Crippen molar-refractivity contribution in [3.8, 4) is 0 Å². The Hall–Kier alpha value is -2.77. The SMILES string of the molecule is N=NC1=C(c2ccc(F)cc2)C(c2ccc(C(F)(F)F)cn2)CCO1. The summed E-state index contributed by atoms with van der Waals surface area (Å²) < 4.78 is 56.7. The van der Waals surface area contributed by atoms with E-state index < -0.39 is 23.5 Å². The maximum Gasteiger partial charge on any atom is 0.417 e. The fraction of sp³-hybridized carbons (Fsp3) is 0.235. The van der Waals surface area contributed by atoms with Gasteiger partial charge in [-0.25, -0.2) is 9.92 Å². The highest BCUT2D eigenvalue weighted by atomic mass is 19.4. The van der Waals surface area contributed by atoms with E-state index >= 15 is 0 Å². The molecule has 1 N–H and O–H groups in total. The van der Waals surface area contributed by atoms with Crippen LogP contribution in [-0.4, -0.2) is 11.6 Å². The van der Waals surface area contributed by atoms with Crippen LogP contribution < -0.4 is 0 Å². The first kappa shape index (κ1) is 17.1. The van der Waals surface area contributed by atoms with Crippen molar-refractivity contribution in [1.29, 1.82) is 5.53 Å². The van der Waals surface area contributed by atoms with Crippen LogP contribution in [0.25, 0.3) is 5.57 Å². The molecule has 1 aliphatic heterocycles. The van der Waals surface area contributed by atoms with Crippen molar-refractivity contribution < 1.29 is 22.3 Å². The van der Waals surface area contributed by atoms with E-state index in [9.17, 15) is 17.6 Å². The normalized spacial score (nSPS) is 18.0. The zero-order valence-electron chi connectivity index (χ0n) is 12.8. The highest BCUT2D eigenvalue weighted by Gasteiger charge is 2.32. The molecule has 1 unspecified atom stereocenters. The van der Waals surface area contributed by atoms with Gasteiger partial charge in [0.15, 0.2) is 0 Å². The van der Waals surface area contributed by atoms with Crippen LogP contribution in [0.1, 0.15) is 29.2 Å². The molecule has 2 heterocycles. The third kappa shape index (κ3) is 3.52. The summed E-state index contributed by atoms with van der Waals surface area (Å²) in [4.78, 5) is 3.94. The molecule has 0 saturated carbocycles. The molecule has 1 aromatic heterocycles. The molecule has 130 valence electrons. The highest BCUT2D eigenvalue weighted by molar-refractivity contribution is 5.73. The van der Waals surface area contributed by atoms with Gasteiger partial charge in [0.25, 0.3) is 0 Å². The first-order chi connectivity index (χ1) is 11.9. The molecule has 0 fully saturated rings. The van der Waals surface area contributed by atoms with Crippen LogP contribution in [0.2, 0.25) is 0 Å². The molecule has 0 saturated heterocycles. The molecule has 2 aromatic rings. The smallest absolute Gasteiger partial charge is 0.417 e. The minimum absolute atomic E-state index is 0.0598. The average Bonchev–Trinajstić information content (AvgIpc) is 2.61. The number of ether oxygens (including phenoxy) is 1. The molecule has 3 rings (SSSR count). The standard InChI is InChI=1S/C17H13F4N3O/c18-12-4-1-10(2-5-12)15-13(7-8-25-16(15)24-22)14-6-3-11(9-23-14)17(19,20)21/h1-6,9,13,22H,7-8H2. The van der Waals surface area contributed by atoms with Crippen molar-refractivity contribution >= 4 is 5.57 Å². The van der Waals surface area contributed by atoms with Crippen LogP contribution in [0.3, 0.4) is 0 Å². The minimum Gasteiger partial charge on any atom is -0.476 e. The Morgan fingerprint density at radius 1 is 1.12 bits per heavy atom. The Morgan fingerprint density at radius 2 is 1.84 bits per heavy atom. The number of allylic oxidation sites excluding steroid dienone is 1. The Kier molecular flexibility index (Phi) is 4.52. The molecule has 1 aliphatic rings. The highest BCUT2D eigenvalue weighted by Crippen LogP contribution is 2.41. The van der Waals surface area contributed by atoms with Crippen LogP contribution in [-0.2, 0) is 10.9 Å². The predicted molar refractivity (Wildman–Crippen MR) is 81.0 cm³/mol. The number of hydrogen-bond acceptors (Lipinski definition) is 4. The number of rotatable bonds is 3. The van der Waals surface area contributed by atoms with Crippen LogP contribution in [0, 0.1) is 11.3 Å². The van der Waals surface area contributed by atoms with Crippen molar-refractivity contribution in [3.05, 3.63) is 71.1 Å². The van der Waals surface area contributed by atoms with Gasteiger partial charge in [-0.3, -0.25) is 4.98 Å². The summed E-state index contributed by atoms with van der Waals surface area (Å²) >= 11 is 0. The fourth-order valence-electron chi connectivity index (χ4n) is 2.77. The second-order valence-electron chi connectivity index (χ2n) is 5.50. The van der Waals surface area contributed by atoms with Crippen molar-refractivity contribution in [2.75, 3.05) is 6.61 Å². The molecule has 1 aromatic carbocycles. The van der Waals surface area contributed by atoms with Gasteiger partial charge in [0, 0.05) is 23.4 Å². The van der Waals surface area contributed by atoms with E-state index in [-0.39, 0.29) is 12.5 Å². The summed E-state index contributed by atoms with van der Waals surface area (Å²) in [5.41, 5.74) is 7.96. The van der Waals surface area contributed by atoms with Crippen LogP contribution in [0.4, 0.5) is 17.6 Å². The molecule has 0 spiro atoms. The zero-order chi connectivity index (χ0) is 18.0. The molecular formula is C17H13F4N3O. The van der Waals surface area contributed by atoms with Crippen molar-refractivity contribution in [2.24, 2.45) is 5.11 Å². The fourth-order valence-corrected chi connectivity index (χ4v) is 2.77. The Morgan fingerprint density at radius 3 is 2.40 bits per heavy atom. The van der Waals surface area contributed by atoms with E-state index in [4.69, 9.17) is 10.3 Å². The van der Waals surface area contributed by atoms with Gasteiger partial charge in [-0.1, -0.05) is 12.1 Å². The first-order valence-corrected chi connectivity index (χ1v) is 7.43. The summed E-state index contributed by atoms with van der Waals surface area (Å²) in [7, 11) is 0. The Balaban J connectivity index is 2.04. The van der Waals surface area contributed by atoms with Crippen molar-refractivity contribution in [1.82, 2.24) is 4.98 Å². The zero-order valence-corrected chi connectivity index (χ0v) is 12.8. The second-order valence-corrected chi connectivity index (χ2v) is 5.50. The summed E-state index contributed by atoms with van der Waals surface area (Å²) in [6.07, 6.45) is -3.22. The Bertz CT molecular complexity index is 798. The van der Waals surface area contributed by atoms with Crippen LogP contribution in [0.5, 0.6) is 0 Å². The Labute approximate surface area is 140 Å². The van der Waals surface area contributed by atoms with Gasteiger partial charge in [0.1, 0.15) is 5.82 Å². The van der Waals surface area contributed by atoms with Crippen LogP contribution >= 0.6 is 0 Å². The minimum atomic E-state index is -4.46. The number of alkyl halides is 3. The number of nitrogens with zero attached hydrogens (tertiary/aromatic N) is 2. The van der Waals surface area contributed by atoms with E-state index in [1.807, 2.05) is 0 Å². The number of hydrogen-bond donors (Lipinski definition) is 1. The summed E-state index contributed by atoms with van der Waals surface area (Å²) in [6.45, 7) is 0.260. The van der Waals surface area contributed by atoms with E-state index in [1.54, 1.807) is 0 Å². The van der Waals surface area contributed by atoms with Gasteiger partial charge in [-0.05, 0) is 36.2 Å². The molecule has 1 atom stereocenters. The van der Waals surface area contributed by atoms with Crippen LogP contribution in [0.15, 0.2) is 53.6 Å². The lowest BCUT2D eigenvalue weighted by molar-refractivity contribution is -0.137. The molecule has 0 amide bonds. The number of aromatic nitrogens is 1. The summed E-state index contributed by atoms with van der Waals surface area (Å²) in [6, 6.07) is 7.83. The van der Waals surface area contributed by atoms with Gasteiger partial charge >= 0.3 is 6.18 Å². The van der Waals surface area contributed by atoms with Gasteiger partial charge in [0.05, 0.1) is 12.2 Å². The van der Waals surface area contributed by atoms with E-state index in [2.05, 4.69) is 10.1 Å². The average molecular weight is 351 g/mol. The maximum atomic E-state index is 13.2. The maximum absolute atomic E-state index is 13.2. The molecule has 0 aliphatic carbocycles. The van der Waals surface area contributed by atoms with Gasteiger partial charge in [-0.2, -0.15) is 13.2 Å². The van der Waals surface area contributed by atoms with Gasteiger partial charge in [0.2, 0.25) is 5.88 Å². The van der Waals surface area contributed by atoms with Gasteiger partial charge in [-0.15, -0.1) is 5.11 Å². The monoisotopic (exact) mass is 351 g/mol. The molecule has 8 heteroatoms. The number of pyridine rings is 1. The summed E-state index contributed by atoms with van der Waals surface area (Å²) in [5, 5.41) is 3.37. The van der Waals surface area contributed by atoms with E-state index in [0.717, 1.165) is 12.3 Å². The predicted octanol–water partition coefficient (Wildman–Crippen LogP) is 5.14. The number of nitrogens with one attached hydrogen (secondary N) is 1. The topological polar surface area (TPSA) is 58.3 Å². The number of benzene rings is 1. The van der Waals surface area contributed by atoms with E-state index in [1.165, 1.54) is 30.3 Å². The third-order valence-electron chi connectivity index (χ3n) is 3.95. The molecule has 0 radical (unpaired) electrons. The quantitative estimate of drug-likeness (QED) is 0.615. The molecule has 4 nitrogen and oxygen atoms in total. The van der Waals surface area contributed by atoms with Crippen molar-refractivity contribution in [2.45, 2.75) is 18.5 Å². The molecule has 25 heavy (non-hydrogen) atoms. The molecule has 0 bridgehead atoms. The lowest BCUT2D eigenvalue weighted by atomic mass is 9.86. The van der Waals surface area contributed by atoms with E-state index in [0.29, 0.717) is 23.3 Å². The second kappa shape index (κ2) is 6.62. The number of halogens is 4. The summed E-state index contributed by atoms with van der Waals surface area (Å²) in [5.74, 6) is -0.759.